The predicted molar refractivity (Wildman–Crippen MR) is 86.2 cm³/mol. The molecule has 0 radical (unpaired) electrons. The Morgan fingerprint density at radius 2 is 2.00 bits per heavy atom. The van der Waals surface area contributed by atoms with E-state index >= 15 is 0 Å². The summed E-state index contributed by atoms with van der Waals surface area (Å²) >= 11 is 1.90. The number of nitrogens with two attached hydrogens (primary N) is 1. The van der Waals surface area contributed by atoms with Crippen LogP contribution in [-0.2, 0) is 9.59 Å². The Hall–Kier alpha value is -0.460. The molecule has 0 aliphatic carbocycles. The van der Waals surface area contributed by atoms with Crippen LogP contribution in [0.1, 0.15) is 33.6 Å². The van der Waals surface area contributed by atoms with Crippen molar-refractivity contribution in [2.45, 2.75) is 44.4 Å². The van der Waals surface area contributed by atoms with Crippen molar-refractivity contribution in [1.29, 1.82) is 0 Å². The Bertz CT molecular complexity index is 334. The summed E-state index contributed by atoms with van der Waals surface area (Å²) in [5.74, 6) is 0.799. The van der Waals surface area contributed by atoms with Crippen molar-refractivity contribution in [3.63, 3.8) is 0 Å². The fraction of sp³-hybridized carbons (Fsp3) is 0.846. The minimum Gasteiger partial charge on any atom is -0.353 e. The van der Waals surface area contributed by atoms with Crippen molar-refractivity contribution in [1.82, 2.24) is 10.6 Å². The molecular formula is C13H26ClN3O2S. The van der Waals surface area contributed by atoms with Crippen LogP contribution < -0.4 is 16.4 Å². The molecule has 2 atom stereocenters. The van der Waals surface area contributed by atoms with Gasteiger partial charge in [-0.3, -0.25) is 9.59 Å². The van der Waals surface area contributed by atoms with Crippen LogP contribution in [0.25, 0.3) is 0 Å². The lowest BCUT2D eigenvalue weighted by Crippen LogP contribution is -2.48. The number of carbonyl (C=O) groups excluding carboxylic acids is 2. The lowest BCUT2D eigenvalue weighted by molar-refractivity contribution is -0.127. The number of rotatable bonds is 6. The Morgan fingerprint density at radius 3 is 2.50 bits per heavy atom. The van der Waals surface area contributed by atoms with E-state index in [0.717, 1.165) is 12.2 Å². The van der Waals surface area contributed by atoms with Gasteiger partial charge in [0.2, 0.25) is 11.8 Å². The topological polar surface area (TPSA) is 84.2 Å². The van der Waals surface area contributed by atoms with Crippen LogP contribution in [-0.4, -0.2) is 41.4 Å². The third kappa shape index (κ3) is 6.33. The zero-order chi connectivity index (χ0) is 14.5. The number of hydrogen-bond acceptors (Lipinski definition) is 4. The molecule has 5 nitrogen and oxygen atoms in total. The van der Waals surface area contributed by atoms with Gasteiger partial charge >= 0.3 is 0 Å². The number of nitrogens with one attached hydrogen (secondary N) is 2. The first-order valence-electron chi connectivity index (χ1n) is 6.78. The normalized spacial score (nSPS) is 23.1. The molecule has 2 amide bonds. The Morgan fingerprint density at radius 1 is 1.35 bits per heavy atom. The molecule has 0 aromatic carbocycles. The van der Waals surface area contributed by atoms with Gasteiger partial charge < -0.3 is 16.4 Å². The lowest BCUT2D eigenvalue weighted by Gasteiger charge is -2.23. The van der Waals surface area contributed by atoms with Crippen LogP contribution in [0.5, 0.6) is 0 Å². The van der Waals surface area contributed by atoms with Gasteiger partial charge in [-0.1, -0.05) is 13.8 Å². The molecule has 4 N–H and O–H groups in total. The van der Waals surface area contributed by atoms with Crippen molar-refractivity contribution >= 4 is 36.0 Å². The zero-order valence-corrected chi connectivity index (χ0v) is 14.0. The molecule has 1 rings (SSSR count). The summed E-state index contributed by atoms with van der Waals surface area (Å²) in [4.78, 5) is 23.3. The summed E-state index contributed by atoms with van der Waals surface area (Å²) in [6, 6.07) is -0.560. The molecule has 0 spiro atoms. The standard InChI is InChI=1S/C13H25N3O2S.ClH/c1-9(2)11(14)12(18)15-7-10(17)16-8-13(3)5-4-6-19-13;/h9,11H,4-8,14H2,1-3H3,(H,15,18)(H,16,17);1H/t11-,13?;/m0./s1. The quantitative estimate of drug-likeness (QED) is 0.678. The van der Waals surface area contributed by atoms with Crippen LogP contribution in [0.2, 0.25) is 0 Å². The highest BCUT2D eigenvalue weighted by Gasteiger charge is 2.29. The van der Waals surface area contributed by atoms with Gasteiger partial charge in [0.1, 0.15) is 0 Å². The van der Waals surface area contributed by atoms with Gasteiger partial charge in [-0.15, -0.1) is 12.4 Å². The first-order valence-corrected chi connectivity index (χ1v) is 7.76. The molecular weight excluding hydrogens is 298 g/mol. The number of carbonyl (C=O) groups is 2. The summed E-state index contributed by atoms with van der Waals surface area (Å²) in [5, 5.41) is 5.44. The second kappa shape index (κ2) is 8.74. The molecule has 20 heavy (non-hydrogen) atoms. The summed E-state index contributed by atoms with van der Waals surface area (Å²) in [6.45, 7) is 6.58. The van der Waals surface area contributed by atoms with Crippen molar-refractivity contribution in [2.75, 3.05) is 18.8 Å². The summed E-state index contributed by atoms with van der Waals surface area (Å²) in [5.41, 5.74) is 5.69. The molecule has 0 saturated carbocycles. The van der Waals surface area contributed by atoms with Crippen LogP contribution in [0.15, 0.2) is 0 Å². The minimum absolute atomic E-state index is 0. The summed E-state index contributed by atoms with van der Waals surface area (Å²) < 4.78 is 0.147. The van der Waals surface area contributed by atoms with E-state index in [4.69, 9.17) is 5.73 Å². The van der Waals surface area contributed by atoms with Crippen LogP contribution in [0, 0.1) is 5.92 Å². The second-order valence-electron chi connectivity index (χ2n) is 5.67. The molecule has 1 unspecified atom stereocenters. The van der Waals surface area contributed by atoms with E-state index < -0.39 is 6.04 Å². The lowest BCUT2D eigenvalue weighted by atomic mass is 10.1. The summed E-state index contributed by atoms with van der Waals surface area (Å²) in [7, 11) is 0. The minimum atomic E-state index is -0.560. The molecule has 1 aliphatic heterocycles. The van der Waals surface area contributed by atoms with Crippen LogP contribution in [0.4, 0.5) is 0 Å². The van der Waals surface area contributed by atoms with E-state index in [-0.39, 0.29) is 41.4 Å². The third-order valence-electron chi connectivity index (χ3n) is 3.40. The van der Waals surface area contributed by atoms with Gasteiger partial charge in [0.15, 0.2) is 0 Å². The zero-order valence-electron chi connectivity index (χ0n) is 12.4. The van der Waals surface area contributed by atoms with E-state index in [2.05, 4.69) is 17.6 Å². The Balaban J connectivity index is 0.00000361. The van der Waals surface area contributed by atoms with Crippen molar-refractivity contribution in [2.24, 2.45) is 11.7 Å². The highest BCUT2D eigenvalue weighted by atomic mass is 35.5. The molecule has 118 valence electrons. The van der Waals surface area contributed by atoms with E-state index in [1.54, 1.807) is 0 Å². The fourth-order valence-corrected chi connectivity index (χ4v) is 3.16. The largest absolute Gasteiger partial charge is 0.353 e. The van der Waals surface area contributed by atoms with Gasteiger partial charge in [0, 0.05) is 11.3 Å². The molecule has 0 aromatic heterocycles. The molecule has 1 saturated heterocycles. The number of hydrogen-bond donors (Lipinski definition) is 3. The van der Waals surface area contributed by atoms with E-state index in [0.29, 0.717) is 6.54 Å². The molecule has 1 fully saturated rings. The molecule has 1 aliphatic rings. The van der Waals surface area contributed by atoms with Crippen molar-refractivity contribution in [3.05, 3.63) is 0 Å². The van der Waals surface area contributed by atoms with Crippen molar-refractivity contribution < 1.29 is 9.59 Å². The molecule has 0 aromatic rings. The van der Waals surface area contributed by atoms with Gasteiger partial charge in [-0.2, -0.15) is 11.8 Å². The number of thioether (sulfide) groups is 1. The summed E-state index contributed by atoms with van der Waals surface area (Å²) in [6.07, 6.45) is 2.33. The average Bonchev–Trinajstić information content (AvgIpc) is 2.80. The van der Waals surface area contributed by atoms with Gasteiger partial charge in [0.05, 0.1) is 12.6 Å². The van der Waals surface area contributed by atoms with Gasteiger partial charge in [0.25, 0.3) is 0 Å². The Labute approximate surface area is 131 Å². The molecule has 1 heterocycles. The maximum Gasteiger partial charge on any atom is 0.239 e. The highest BCUT2D eigenvalue weighted by molar-refractivity contribution is 8.00. The fourth-order valence-electron chi connectivity index (χ4n) is 1.91. The molecule has 0 bridgehead atoms. The van der Waals surface area contributed by atoms with Crippen LogP contribution >= 0.6 is 24.2 Å². The van der Waals surface area contributed by atoms with Crippen molar-refractivity contribution in [3.8, 4) is 0 Å². The number of amides is 2. The van der Waals surface area contributed by atoms with Gasteiger partial charge in [-0.05, 0) is 31.4 Å². The first-order chi connectivity index (χ1) is 8.84. The molecule has 7 heteroatoms. The second-order valence-corrected chi connectivity index (χ2v) is 7.35. The first kappa shape index (κ1) is 19.5. The van der Waals surface area contributed by atoms with Gasteiger partial charge in [-0.25, -0.2) is 0 Å². The monoisotopic (exact) mass is 323 g/mol. The Kier molecular flexibility index (Phi) is 8.54. The smallest absolute Gasteiger partial charge is 0.239 e. The maximum absolute atomic E-state index is 11.7. The third-order valence-corrected chi connectivity index (χ3v) is 4.94. The van der Waals surface area contributed by atoms with E-state index in [1.807, 2.05) is 25.6 Å². The van der Waals surface area contributed by atoms with Crippen LogP contribution in [0.3, 0.4) is 0 Å². The highest BCUT2D eigenvalue weighted by Crippen LogP contribution is 2.36. The van der Waals surface area contributed by atoms with E-state index in [1.165, 1.54) is 6.42 Å². The predicted octanol–water partition coefficient (Wildman–Crippen LogP) is 0.910. The maximum atomic E-state index is 11.7. The average molecular weight is 324 g/mol. The van der Waals surface area contributed by atoms with E-state index in [9.17, 15) is 9.59 Å². The number of halogens is 1. The SMILES string of the molecule is CC(C)[C@H](N)C(=O)NCC(=O)NCC1(C)CCCS1.Cl.